The second-order valence-corrected chi connectivity index (χ2v) is 5.31. The first-order valence-electron chi connectivity index (χ1n) is 5.78. The van der Waals surface area contributed by atoms with E-state index in [1.807, 2.05) is 13.8 Å². The molecule has 0 saturated carbocycles. The van der Waals surface area contributed by atoms with Gasteiger partial charge in [0.25, 0.3) is 0 Å². The van der Waals surface area contributed by atoms with Crippen LogP contribution in [0.2, 0.25) is 0 Å². The standard InChI is InChI=1S/C11H19N3OS/c1-7(2)15-9-10(12)13-16-11(9)14-6-4-5-8(14)3/h7-8H,4-6H2,1-3H3,(H2,12,13). The Bertz CT molecular complexity index is 364. The van der Waals surface area contributed by atoms with Gasteiger partial charge in [0.05, 0.1) is 6.10 Å². The zero-order valence-corrected chi connectivity index (χ0v) is 10.9. The highest BCUT2D eigenvalue weighted by Gasteiger charge is 2.27. The molecule has 90 valence electrons. The molecule has 1 saturated heterocycles. The second-order valence-electron chi connectivity index (χ2n) is 4.55. The van der Waals surface area contributed by atoms with E-state index in [0.717, 1.165) is 17.3 Å². The number of nitrogens with zero attached hydrogens (tertiary/aromatic N) is 2. The highest BCUT2D eigenvalue weighted by Crippen LogP contribution is 2.41. The summed E-state index contributed by atoms with van der Waals surface area (Å²) in [6.07, 6.45) is 2.61. The van der Waals surface area contributed by atoms with Crippen LogP contribution in [-0.2, 0) is 0 Å². The van der Waals surface area contributed by atoms with E-state index in [1.165, 1.54) is 24.4 Å². The number of aromatic nitrogens is 1. The number of nitrogens with two attached hydrogens (primary N) is 1. The van der Waals surface area contributed by atoms with Crippen molar-refractivity contribution in [2.45, 2.75) is 45.8 Å². The summed E-state index contributed by atoms with van der Waals surface area (Å²) in [5.41, 5.74) is 5.85. The summed E-state index contributed by atoms with van der Waals surface area (Å²) in [4.78, 5) is 2.35. The Balaban J connectivity index is 2.26. The van der Waals surface area contributed by atoms with E-state index in [4.69, 9.17) is 10.5 Å². The van der Waals surface area contributed by atoms with Gasteiger partial charge >= 0.3 is 0 Å². The Morgan fingerprint density at radius 2 is 2.31 bits per heavy atom. The van der Waals surface area contributed by atoms with Crippen molar-refractivity contribution >= 4 is 22.4 Å². The van der Waals surface area contributed by atoms with E-state index >= 15 is 0 Å². The maximum atomic E-state index is 5.85. The SMILES string of the molecule is CC(C)Oc1c(N)nsc1N1CCCC1C. The average Bonchev–Trinajstić information content (AvgIpc) is 2.75. The summed E-state index contributed by atoms with van der Waals surface area (Å²) in [7, 11) is 0. The van der Waals surface area contributed by atoms with E-state index in [9.17, 15) is 0 Å². The molecule has 0 bridgehead atoms. The predicted octanol–water partition coefficient (Wildman–Crippen LogP) is 2.50. The van der Waals surface area contributed by atoms with Crippen LogP contribution in [0.15, 0.2) is 0 Å². The van der Waals surface area contributed by atoms with Gasteiger partial charge in [-0.15, -0.1) is 0 Å². The Labute approximate surface area is 101 Å². The molecule has 16 heavy (non-hydrogen) atoms. The third kappa shape index (κ3) is 2.09. The molecule has 4 nitrogen and oxygen atoms in total. The van der Waals surface area contributed by atoms with E-state index in [2.05, 4.69) is 16.2 Å². The number of ether oxygens (including phenoxy) is 1. The highest BCUT2D eigenvalue weighted by molar-refractivity contribution is 7.11. The van der Waals surface area contributed by atoms with Crippen LogP contribution in [0.5, 0.6) is 5.75 Å². The minimum absolute atomic E-state index is 0.135. The van der Waals surface area contributed by atoms with Gasteiger partial charge in [0.2, 0.25) is 0 Å². The van der Waals surface area contributed by atoms with Crippen molar-refractivity contribution in [2.75, 3.05) is 17.2 Å². The number of hydrogen-bond acceptors (Lipinski definition) is 5. The zero-order chi connectivity index (χ0) is 11.7. The third-order valence-electron chi connectivity index (χ3n) is 2.82. The monoisotopic (exact) mass is 241 g/mol. The lowest BCUT2D eigenvalue weighted by Gasteiger charge is -2.23. The summed E-state index contributed by atoms with van der Waals surface area (Å²) in [5, 5.41) is 1.09. The number of hydrogen-bond donors (Lipinski definition) is 1. The average molecular weight is 241 g/mol. The van der Waals surface area contributed by atoms with Crippen LogP contribution in [0.3, 0.4) is 0 Å². The molecule has 1 aliphatic heterocycles. The molecule has 1 aromatic rings. The Morgan fingerprint density at radius 3 is 2.88 bits per heavy atom. The van der Waals surface area contributed by atoms with Crippen LogP contribution in [0, 0.1) is 0 Å². The number of nitrogen functional groups attached to an aromatic ring is 1. The van der Waals surface area contributed by atoms with Gasteiger partial charge in [-0.2, -0.15) is 4.37 Å². The molecule has 1 aromatic heterocycles. The maximum Gasteiger partial charge on any atom is 0.198 e. The molecule has 0 radical (unpaired) electrons. The first kappa shape index (κ1) is 11.5. The first-order valence-corrected chi connectivity index (χ1v) is 6.55. The van der Waals surface area contributed by atoms with Gasteiger partial charge in [0.15, 0.2) is 16.6 Å². The molecule has 0 aliphatic carbocycles. The molecule has 2 rings (SSSR count). The van der Waals surface area contributed by atoms with Crippen LogP contribution in [0.25, 0.3) is 0 Å². The summed E-state index contributed by atoms with van der Waals surface area (Å²) in [6, 6.07) is 0.564. The minimum atomic E-state index is 0.135. The summed E-state index contributed by atoms with van der Waals surface area (Å²) in [6.45, 7) is 7.34. The van der Waals surface area contributed by atoms with Crippen molar-refractivity contribution in [3.63, 3.8) is 0 Å². The van der Waals surface area contributed by atoms with Crippen molar-refractivity contribution in [1.29, 1.82) is 0 Å². The molecule has 1 aliphatic rings. The molecular formula is C11H19N3OS. The lowest BCUT2D eigenvalue weighted by Crippen LogP contribution is -2.26. The highest BCUT2D eigenvalue weighted by atomic mass is 32.1. The van der Waals surface area contributed by atoms with E-state index in [-0.39, 0.29) is 6.10 Å². The fraction of sp³-hybridized carbons (Fsp3) is 0.727. The topological polar surface area (TPSA) is 51.4 Å². The van der Waals surface area contributed by atoms with Gasteiger partial charge in [0.1, 0.15) is 0 Å². The fourth-order valence-corrected chi connectivity index (χ4v) is 2.93. The summed E-state index contributed by atoms with van der Waals surface area (Å²) in [5.74, 6) is 1.29. The normalized spacial score (nSPS) is 20.8. The van der Waals surface area contributed by atoms with Crippen LogP contribution >= 0.6 is 11.5 Å². The maximum absolute atomic E-state index is 5.85. The summed E-state index contributed by atoms with van der Waals surface area (Å²) < 4.78 is 9.96. The van der Waals surface area contributed by atoms with Gasteiger partial charge < -0.3 is 15.4 Å². The Morgan fingerprint density at radius 1 is 1.56 bits per heavy atom. The minimum Gasteiger partial charge on any atom is -0.484 e. The van der Waals surface area contributed by atoms with Crippen LogP contribution in [0.4, 0.5) is 10.8 Å². The van der Waals surface area contributed by atoms with Crippen LogP contribution in [0.1, 0.15) is 33.6 Å². The van der Waals surface area contributed by atoms with Crippen molar-refractivity contribution in [3.05, 3.63) is 0 Å². The van der Waals surface area contributed by atoms with Gasteiger partial charge in [-0.3, -0.25) is 0 Å². The van der Waals surface area contributed by atoms with Crippen LogP contribution < -0.4 is 15.4 Å². The van der Waals surface area contributed by atoms with Gasteiger partial charge in [-0.1, -0.05) is 0 Å². The molecule has 1 unspecified atom stereocenters. The van der Waals surface area contributed by atoms with Crippen molar-refractivity contribution in [1.82, 2.24) is 4.37 Å². The molecule has 2 N–H and O–H groups in total. The molecule has 2 heterocycles. The van der Waals surface area contributed by atoms with Crippen molar-refractivity contribution in [2.24, 2.45) is 0 Å². The van der Waals surface area contributed by atoms with Crippen molar-refractivity contribution < 1.29 is 4.74 Å². The molecular weight excluding hydrogens is 222 g/mol. The molecule has 0 aromatic carbocycles. The van der Waals surface area contributed by atoms with E-state index in [1.54, 1.807) is 0 Å². The quantitative estimate of drug-likeness (QED) is 0.883. The Hall–Kier alpha value is -0.970. The van der Waals surface area contributed by atoms with Gasteiger partial charge in [-0.05, 0) is 45.1 Å². The number of anilines is 2. The fourth-order valence-electron chi connectivity index (χ4n) is 2.05. The molecule has 5 heteroatoms. The Kier molecular flexibility index (Phi) is 3.23. The largest absolute Gasteiger partial charge is 0.484 e. The molecule has 0 spiro atoms. The smallest absolute Gasteiger partial charge is 0.198 e. The zero-order valence-electron chi connectivity index (χ0n) is 10.1. The number of rotatable bonds is 3. The van der Waals surface area contributed by atoms with Gasteiger partial charge in [-0.25, -0.2) is 0 Å². The lowest BCUT2D eigenvalue weighted by molar-refractivity contribution is 0.244. The lowest BCUT2D eigenvalue weighted by atomic mass is 10.2. The third-order valence-corrected chi connectivity index (χ3v) is 3.71. The van der Waals surface area contributed by atoms with E-state index in [0.29, 0.717) is 11.9 Å². The molecule has 1 atom stereocenters. The van der Waals surface area contributed by atoms with E-state index < -0.39 is 0 Å². The van der Waals surface area contributed by atoms with Crippen molar-refractivity contribution in [3.8, 4) is 5.75 Å². The molecule has 0 amide bonds. The van der Waals surface area contributed by atoms with Gasteiger partial charge in [0, 0.05) is 12.6 Å². The first-order chi connectivity index (χ1) is 7.59. The summed E-state index contributed by atoms with van der Waals surface area (Å²) >= 11 is 1.45. The molecule has 1 fully saturated rings. The van der Waals surface area contributed by atoms with Crippen LogP contribution in [-0.4, -0.2) is 23.1 Å². The predicted molar refractivity (Wildman–Crippen MR) is 68.3 cm³/mol. The second kappa shape index (κ2) is 4.49.